The summed E-state index contributed by atoms with van der Waals surface area (Å²) in [4.78, 5) is 26.8. The van der Waals surface area contributed by atoms with Crippen LogP contribution < -0.4 is 0 Å². The lowest BCUT2D eigenvalue weighted by Gasteiger charge is -2.32. The lowest BCUT2D eigenvalue weighted by molar-refractivity contribution is 0.0700. The van der Waals surface area contributed by atoms with Gasteiger partial charge in [-0.3, -0.25) is 4.79 Å². The minimum Gasteiger partial charge on any atom is -0.337 e. The molecule has 0 saturated carbocycles. The van der Waals surface area contributed by atoms with Gasteiger partial charge in [-0.2, -0.15) is 0 Å². The van der Waals surface area contributed by atoms with Crippen LogP contribution in [0.5, 0.6) is 0 Å². The van der Waals surface area contributed by atoms with Crippen molar-refractivity contribution < 1.29 is 4.79 Å². The van der Waals surface area contributed by atoms with Gasteiger partial charge in [-0.05, 0) is 25.3 Å². The molecule has 1 fully saturated rings. The molecule has 0 radical (unpaired) electrons. The van der Waals surface area contributed by atoms with Crippen LogP contribution in [0.15, 0.2) is 23.4 Å². The van der Waals surface area contributed by atoms with E-state index in [1.807, 2.05) is 23.4 Å². The van der Waals surface area contributed by atoms with Gasteiger partial charge in [-0.15, -0.1) is 11.3 Å². The molecular weight excluding hydrogens is 272 g/mol. The Balaban J connectivity index is 1.77. The van der Waals surface area contributed by atoms with Crippen molar-refractivity contribution in [2.75, 3.05) is 13.1 Å². The Hall–Kier alpha value is -1.82. The van der Waals surface area contributed by atoms with Gasteiger partial charge in [0.1, 0.15) is 12.0 Å². The zero-order valence-corrected chi connectivity index (χ0v) is 12.1. The van der Waals surface area contributed by atoms with Gasteiger partial charge in [0.15, 0.2) is 0 Å². The molecule has 1 amide bonds. The second-order valence-corrected chi connectivity index (χ2v) is 5.77. The molecule has 6 heteroatoms. The first-order chi connectivity index (χ1) is 9.75. The average Bonchev–Trinajstić information content (AvgIpc) is 3.01. The van der Waals surface area contributed by atoms with Crippen molar-refractivity contribution in [2.24, 2.45) is 0 Å². The van der Waals surface area contributed by atoms with Gasteiger partial charge in [0.05, 0.1) is 11.2 Å². The van der Waals surface area contributed by atoms with Gasteiger partial charge in [0.2, 0.25) is 0 Å². The minimum absolute atomic E-state index is 0.0302. The van der Waals surface area contributed by atoms with Crippen LogP contribution in [-0.2, 0) is 0 Å². The van der Waals surface area contributed by atoms with Gasteiger partial charge in [0, 0.05) is 30.6 Å². The lowest BCUT2D eigenvalue weighted by atomic mass is 9.92. The van der Waals surface area contributed by atoms with Crippen LogP contribution in [-0.4, -0.2) is 38.8 Å². The fourth-order valence-electron chi connectivity index (χ4n) is 2.70. The van der Waals surface area contributed by atoms with Crippen molar-refractivity contribution in [3.8, 4) is 0 Å². The van der Waals surface area contributed by atoms with Crippen LogP contribution in [0.3, 0.4) is 0 Å². The first-order valence-electron chi connectivity index (χ1n) is 6.69. The number of aromatic nitrogens is 3. The predicted molar refractivity (Wildman–Crippen MR) is 76.8 cm³/mol. The quantitative estimate of drug-likeness (QED) is 0.850. The van der Waals surface area contributed by atoms with Crippen LogP contribution in [0, 0.1) is 6.92 Å². The topological polar surface area (TPSA) is 59.0 Å². The van der Waals surface area contributed by atoms with Crippen molar-refractivity contribution >= 4 is 17.2 Å². The van der Waals surface area contributed by atoms with Gasteiger partial charge in [-0.25, -0.2) is 15.0 Å². The molecule has 104 valence electrons. The lowest BCUT2D eigenvalue weighted by Crippen LogP contribution is -2.39. The highest BCUT2D eigenvalue weighted by Gasteiger charge is 2.27. The Morgan fingerprint density at radius 2 is 2.35 bits per heavy atom. The number of carbonyl (C=O) groups excluding carboxylic acids is 1. The standard InChI is InChI=1S/C14H16N4OS/c1-10-5-15-8-16-13(10)11-3-2-4-18(6-11)14(19)12-7-20-9-17-12/h5,7-9,11H,2-4,6H2,1H3/t11-/m1/s1. The molecule has 0 bridgehead atoms. The third-order valence-electron chi connectivity index (χ3n) is 3.68. The summed E-state index contributed by atoms with van der Waals surface area (Å²) in [5, 5.41) is 1.81. The summed E-state index contributed by atoms with van der Waals surface area (Å²) in [6.07, 6.45) is 5.50. The third kappa shape index (κ3) is 2.56. The normalized spacial score (nSPS) is 19.1. The van der Waals surface area contributed by atoms with Crippen molar-refractivity contribution in [2.45, 2.75) is 25.7 Å². The number of hydrogen-bond acceptors (Lipinski definition) is 5. The monoisotopic (exact) mass is 288 g/mol. The maximum absolute atomic E-state index is 12.4. The summed E-state index contributed by atoms with van der Waals surface area (Å²) in [6.45, 7) is 3.54. The molecule has 20 heavy (non-hydrogen) atoms. The fourth-order valence-corrected chi connectivity index (χ4v) is 3.23. The summed E-state index contributed by atoms with van der Waals surface area (Å²) in [5.41, 5.74) is 4.41. The molecule has 0 spiro atoms. The van der Waals surface area contributed by atoms with Gasteiger partial charge in [0.25, 0.3) is 5.91 Å². The number of amides is 1. The van der Waals surface area contributed by atoms with E-state index < -0.39 is 0 Å². The van der Waals surface area contributed by atoms with E-state index in [1.54, 1.807) is 11.8 Å². The molecular formula is C14H16N4OS. The Labute approximate surface area is 121 Å². The van der Waals surface area contributed by atoms with Gasteiger partial charge in [-0.1, -0.05) is 0 Å². The summed E-state index contributed by atoms with van der Waals surface area (Å²) < 4.78 is 0. The number of likely N-dealkylation sites (tertiary alicyclic amines) is 1. The molecule has 2 aromatic heterocycles. The summed E-state index contributed by atoms with van der Waals surface area (Å²) in [5.74, 6) is 0.331. The second kappa shape index (κ2) is 5.66. The Kier molecular flexibility index (Phi) is 3.73. The largest absolute Gasteiger partial charge is 0.337 e. The molecule has 0 aliphatic carbocycles. The van der Waals surface area contributed by atoms with Crippen LogP contribution in [0.1, 0.15) is 40.5 Å². The van der Waals surface area contributed by atoms with Crippen LogP contribution >= 0.6 is 11.3 Å². The molecule has 3 heterocycles. The molecule has 5 nitrogen and oxygen atoms in total. The summed E-state index contributed by atoms with van der Waals surface area (Å²) >= 11 is 1.45. The Bertz CT molecular complexity index is 599. The Morgan fingerprint density at radius 3 is 3.10 bits per heavy atom. The predicted octanol–water partition coefficient (Wildman–Crippen LogP) is 2.26. The molecule has 0 unspecified atom stereocenters. The molecule has 1 saturated heterocycles. The highest BCUT2D eigenvalue weighted by atomic mass is 32.1. The molecule has 2 aromatic rings. The van der Waals surface area contributed by atoms with Crippen LogP contribution in [0.2, 0.25) is 0 Å². The smallest absolute Gasteiger partial charge is 0.273 e. The molecule has 0 N–H and O–H groups in total. The zero-order chi connectivity index (χ0) is 13.9. The first-order valence-corrected chi connectivity index (χ1v) is 7.64. The number of carbonyl (C=O) groups is 1. The van der Waals surface area contributed by atoms with Crippen molar-refractivity contribution in [3.63, 3.8) is 0 Å². The van der Waals surface area contributed by atoms with E-state index in [0.29, 0.717) is 18.2 Å². The van der Waals surface area contributed by atoms with E-state index in [1.165, 1.54) is 11.3 Å². The van der Waals surface area contributed by atoms with E-state index in [2.05, 4.69) is 15.0 Å². The maximum Gasteiger partial charge on any atom is 0.273 e. The number of rotatable bonds is 2. The van der Waals surface area contributed by atoms with Gasteiger partial charge >= 0.3 is 0 Å². The van der Waals surface area contributed by atoms with Gasteiger partial charge < -0.3 is 4.90 Å². The van der Waals surface area contributed by atoms with Crippen molar-refractivity contribution in [1.82, 2.24) is 19.9 Å². The van der Waals surface area contributed by atoms with E-state index in [-0.39, 0.29) is 5.91 Å². The SMILES string of the molecule is Cc1cncnc1[C@@H]1CCCN(C(=O)c2cscn2)C1. The molecule has 1 aliphatic rings. The number of nitrogens with zero attached hydrogens (tertiary/aromatic N) is 4. The molecule has 1 atom stereocenters. The Morgan fingerprint density at radius 1 is 1.45 bits per heavy atom. The second-order valence-electron chi connectivity index (χ2n) is 5.05. The van der Waals surface area contributed by atoms with Crippen molar-refractivity contribution in [3.05, 3.63) is 40.4 Å². The van der Waals surface area contributed by atoms with Crippen LogP contribution in [0.4, 0.5) is 0 Å². The minimum atomic E-state index is 0.0302. The van der Waals surface area contributed by atoms with E-state index in [4.69, 9.17) is 0 Å². The zero-order valence-electron chi connectivity index (χ0n) is 11.3. The third-order valence-corrected chi connectivity index (χ3v) is 4.27. The summed E-state index contributed by atoms with van der Waals surface area (Å²) in [6, 6.07) is 0. The highest BCUT2D eigenvalue weighted by Crippen LogP contribution is 2.27. The number of aryl methyl sites for hydroxylation is 1. The van der Waals surface area contributed by atoms with E-state index in [9.17, 15) is 4.79 Å². The average molecular weight is 288 g/mol. The first kappa shape index (κ1) is 13.2. The van der Waals surface area contributed by atoms with E-state index >= 15 is 0 Å². The highest BCUT2D eigenvalue weighted by molar-refractivity contribution is 7.07. The van der Waals surface area contributed by atoms with E-state index in [0.717, 1.165) is 30.6 Å². The van der Waals surface area contributed by atoms with Crippen LogP contribution in [0.25, 0.3) is 0 Å². The molecule has 3 rings (SSSR count). The number of piperidine rings is 1. The number of thiazole rings is 1. The van der Waals surface area contributed by atoms with Crippen molar-refractivity contribution in [1.29, 1.82) is 0 Å². The maximum atomic E-state index is 12.4. The summed E-state index contributed by atoms with van der Waals surface area (Å²) in [7, 11) is 0. The molecule has 1 aliphatic heterocycles. The fraction of sp³-hybridized carbons (Fsp3) is 0.429. The molecule has 0 aromatic carbocycles. The number of hydrogen-bond donors (Lipinski definition) is 0.